The van der Waals surface area contributed by atoms with Crippen molar-refractivity contribution in [2.24, 2.45) is 0 Å². The standard InChI is InChI=1S/C18H21BrCl2N4O/c1-13-15(19)12-25(22-13)5-4-18(26)24-8-6-23(7-9-24)11-14-2-3-16(20)17(21)10-14/h2-3,10,12H,4-9,11H2,1H3. The first kappa shape index (κ1) is 19.7. The molecule has 1 amide bonds. The molecule has 1 aliphatic rings. The molecule has 3 rings (SSSR count). The molecule has 0 spiro atoms. The SMILES string of the molecule is Cc1nn(CCC(=O)N2CCN(Cc3ccc(Cl)c(Cl)c3)CC2)cc1Br. The maximum atomic E-state index is 12.4. The second-order valence-electron chi connectivity index (χ2n) is 6.48. The van der Waals surface area contributed by atoms with Gasteiger partial charge >= 0.3 is 0 Å². The Kier molecular flexibility index (Phi) is 6.61. The van der Waals surface area contributed by atoms with Gasteiger partial charge in [-0.2, -0.15) is 5.10 Å². The number of hydrogen-bond acceptors (Lipinski definition) is 3. The molecule has 1 saturated heterocycles. The third-order valence-electron chi connectivity index (χ3n) is 4.56. The van der Waals surface area contributed by atoms with Crippen LogP contribution in [0.15, 0.2) is 28.9 Å². The fourth-order valence-corrected chi connectivity index (χ4v) is 3.66. The van der Waals surface area contributed by atoms with E-state index in [1.807, 2.05) is 40.9 Å². The molecule has 26 heavy (non-hydrogen) atoms. The highest BCUT2D eigenvalue weighted by Crippen LogP contribution is 2.23. The smallest absolute Gasteiger partial charge is 0.224 e. The Labute approximate surface area is 172 Å². The van der Waals surface area contributed by atoms with E-state index in [0.29, 0.717) is 23.0 Å². The van der Waals surface area contributed by atoms with E-state index in [0.717, 1.165) is 48.5 Å². The van der Waals surface area contributed by atoms with Crippen molar-refractivity contribution >= 4 is 45.0 Å². The van der Waals surface area contributed by atoms with Gasteiger partial charge in [0.05, 0.1) is 20.2 Å². The number of carbonyl (C=O) groups excluding carboxylic acids is 1. The van der Waals surface area contributed by atoms with Crippen molar-refractivity contribution in [2.75, 3.05) is 26.2 Å². The second-order valence-corrected chi connectivity index (χ2v) is 8.15. The molecule has 2 aromatic rings. The summed E-state index contributed by atoms with van der Waals surface area (Å²) in [7, 11) is 0. The predicted octanol–water partition coefficient (Wildman–Crippen LogP) is 4.00. The number of halogens is 3. The summed E-state index contributed by atoms with van der Waals surface area (Å²) in [6.45, 7) is 6.59. The van der Waals surface area contributed by atoms with Crippen LogP contribution in [0.4, 0.5) is 0 Å². The van der Waals surface area contributed by atoms with Crippen LogP contribution in [0.1, 0.15) is 17.7 Å². The molecule has 140 valence electrons. The third kappa shape index (κ3) is 5.00. The van der Waals surface area contributed by atoms with Crippen LogP contribution in [-0.4, -0.2) is 51.7 Å². The normalized spacial score (nSPS) is 15.5. The van der Waals surface area contributed by atoms with Crippen LogP contribution < -0.4 is 0 Å². The number of piperazine rings is 1. The van der Waals surface area contributed by atoms with Crippen molar-refractivity contribution in [1.29, 1.82) is 0 Å². The van der Waals surface area contributed by atoms with Crippen molar-refractivity contribution in [2.45, 2.75) is 26.4 Å². The summed E-state index contributed by atoms with van der Waals surface area (Å²) in [4.78, 5) is 16.7. The highest BCUT2D eigenvalue weighted by atomic mass is 79.9. The Morgan fingerprint density at radius 2 is 1.92 bits per heavy atom. The molecular formula is C18H21BrCl2N4O. The average Bonchev–Trinajstić information content (AvgIpc) is 2.95. The molecule has 8 heteroatoms. The zero-order chi connectivity index (χ0) is 18.7. The number of hydrogen-bond donors (Lipinski definition) is 0. The minimum Gasteiger partial charge on any atom is -0.340 e. The Bertz CT molecular complexity index is 768. The minimum atomic E-state index is 0.184. The number of benzene rings is 1. The number of aryl methyl sites for hydroxylation is 2. The van der Waals surface area contributed by atoms with E-state index >= 15 is 0 Å². The third-order valence-corrected chi connectivity index (χ3v) is 6.07. The summed E-state index contributed by atoms with van der Waals surface area (Å²) in [5.74, 6) is 0.184. The minimum absolute atomic E-state index is 0.184. The quantitative estimate of drug-likeness (QED) is 0.678. The molecule has 5 nitrogen and oxygen atoms in total. The van der Waals surface area contributed by atoms with Gasteiger partial charge in [0.25, 0.3) is 0 Å². The van der Waals surface area contributed by atoms with Gasteiger partial charge in [0.1, 0.15) is 0 Å². The molecule has 1 aromatic carbocycles. The highest BCUT2D eigenvalue weighted by Gasteiger charge is 2.21. The van der Waals surface area contributed by atoms with Crippen molar-refractivity contribution in [3.8, 4) is 0 Å². The Hall–Kier alpha value is -1.08. The van der Waals surface area contributed by atoms with Crippen LogP contribution in [0.2, 0.25) is 10.0 Å². The molecule has 0 radical (unpaired) electrons. The number of carbonyl (C=O) groups is 1. The lowest BCUT2D eigenvalue weighted by Gasteiger charge is -2.34. The van der Waals surface area contributed by atoms with Gasteiger partial charge in [-0.15, -0.1) is 0 Å². The summed E-state index contributed by atoms with van der Waals surface area (Å²) >= 11 is 15.5. The van der Waals surface area contributed by atoms with Crippen LogP contribution in [0.3, 0.4) is 0 Å². The molecule has 1 fully saturated rings. The zero-order valence-electron chi connectivity index (χ0n) is 14.6. The van der Waals surface area contributed by atoms with E-state index in [9.17, 15) is 4.79 Å². The lowest BCUT2D eigenvalue weighted by atomic mass is 10.2. The topological polar surface area (TPSA) is 41.4 Å². The van der Waals surface area contributed by atoms with E-state index in [-0.39, 0.29) is 5.91 Å². The first-order valence-electron chi connectivity index (χ1n) is 8.56. The van der Waals surface area contributed by atoms with Crippen molar-refractivity contribution in [3.63, 3.8) is 0 Å². The lowest BCUT2D eigenvalue weighted by molar-refractivity contribution is -0.133. The number of amides is 1. The van der Waals surface area contributed by atoms with Gasteiger partial charge in [-0.1, -0.05) is 29.3 Å². The number of aromatic nitrogens is 2. The van der Waals surface area contributed by atoms with Crippen molar-refractivity contribution in [3.05, 3.63) is 50.2 Å². The van der Waals surface area contributed by atoms with Crippen LogP contribution in [0.5, 0.6) is 0 Å². The van der Waals surface area contributed by atoms with Gasteiger partial charge in [0.2, 0.25) is 5.91 Å². The molecule has 0 unspecified atom stereocenters. The van der Waals surface area contributed by atoms with Gasteiger partial charge in [-0.25, -0.2) is 0 Å². The Morgan fingerprint density at radius 1 is 1.19 bits per heavy atom. The Balaban J connectivity index is 1.45. The fraction of sp³-hybridized carbons (Fsp3) is 0.444. The van der Waals surface area contributed by atoms with Gasteiger partial charge in [-0.3, -0.25) is 14.4 Å². The lowest BCUT2D eigenvalue weighted by Crippen LogP contribution is -2.48. The van der Waals surface area contributed by atoms with Crippen molar-refractivity contribution in [1.82, 2.24) is 19.6 Å². The summed E-state index contributed by atoms with van der Waals surface area (Å²) in [5.41, 5.74) is 2.08. The Morgan fingerprint density at radius 3 is 2.54 bits per heavy atom. The summed E-state index contributed by atoms with van der Waals surface area (Å²) in [6.07, 6.45) is 2.39. The van der Waals surface area contributed by atoms with Gasteiger partial charge < -0.3 is 4.90 Å². The summed E-state index contributed by atoms with van der Waals surface area (Å²) < 4.78 is 2.79. The molecule has 0 aliphatic carbocycles. The maximum absolute atomic E-state index is 12.4. The monoisotopic (exact) mass is 458 g/mol. The number of rotatable bonds is 5. The molecule has 0 atom stereocenters. The van der Waals surface area contributed by atoms with E-state index in [4.69, 9.17) is 23.2 Å². The molecular weight excluding hydrogens is 439 g/mol. The first-order valence-corrected chi connectivity index (χ1v) is 10.1. The average molecular weight is 460 g/mol. The van der Waals surface area contributed by atoms with E-state index in [1.165, 1.54) is 0 Å². The van der Waals surface area contributed by atoms with Gasteiger partial charge in [-0.05, 0) is 40.5 Å². The number of nitrogens with zero attached hydrogens (tertiary/aromatic N) is 4. The zero-order valence-corrected chi connectivity index (χ0v) is 17.7. The molecule has 0 bridgehead atoms. The van der Waals surface area contributed by atoms with Crippen LogP contribution in [0, 0.1) is 6.92 Å². The van der Waals surface area contributed by atoms with Crippen LogP contribution >= 0.6 is 39.1 Å². The van der Waals surface area contributed by atoms with Crippen LogP contribution in [-0.2, 0) is 17.9 Å². The summed E-state index contributed by atoms with van der Waals surface area (Å²) in [5, 5.41) is 5.53. The second kappa shape index (κ2) is 8.74. The first-order chi connectivity index (χ1) is 12.4. The molecule has 2 heterocycles. The highest BCUT2D eigenvalue weighted by molar-refractivity contribution is 9.10. The molecule has 1 aromatic heterocycles. The van der Waals surface area contributed by atoms with Crippen molar-refractivity contribution < 1.29 is 4.79 Å². The fourth-order valence-electron chi connectivity index (χ4n) is 3.03. The predicted molar refractivity (Wildman–Crippen MR) is 108 cm³/mol. The summed E-state index contributed by atoms with van der Waals surface area (Å²) in [6, 6.07) is 5.73. The van der Waals surface area contributed by atoms with Gasteiger partial charge in [0.15, 0.2) is 0 Å². The van der Waals surface area contributed by atoms with E-state index < -0.39 is 0 Å². The van der Waals surface area contributed by atoms with E-state index in [1.54, 1.807) is 0 Å². The molecule has 0 saturated carbocycles. The maximum Gasteiger partial charge on any atom is 0.224 e. The molecule has 0 N–H and O–H groups in total. The largest absolute Gasteiger partial charge is 0.340 e. The molecule has 1 aliphatic heterocycles. The van der Waals surface area contributed by atoms with E-state index in [2.05, 4.69) is 25.9 Å². The van der Waals surface area contributed by atoms with Gasteiger partial charge in [0, 0.05) is 51.9 Å². The van der Waals surface area contributed by atoms with Crippen LogP contribution in [0.25, 0.3) is 0 Å².